The van der Waals surface area contributed by atoms with E-state index in [1.54, 1.807) is 48.5 Å². The first-order chi connectivity index (χ1) is 15.9. The van der Waals surface area contributed by atoms with E-state index in [0.717, 1.165) is 10.5 Å². The molecule has 0 aliphatic carbocycles. The van der Waals surface area contributed by atoms with Crippen LogP contribution in [0.5, 0.6) is 0 Å². The fourth-order valence-electron chi connectivity index (χ4n) is 3.33. The van der Waals surface area contributed by atoms with Crippen molar-refractivity contribution in [2.45, 2.75) is 6.42 Å². The average Bonchev–Trinajstić information content (AvgIpc) is 3.03. The summed E-state index contributed by atoms with van der Waals surface area (Å²) in [7, 11) is 0. The normalized spacial score (nSPS) is 13.5. The lowest BCUT2D eigenvalue weighted by Gasteiger charge is -2.15. The summed E-state index contributed by atoms with van der Waals surface area (Å²) in [6.45, 7) is 0.229. The van der Waals surface area contributed by atoms with E-state index in [2.05, 4.69) is 10.6 Å². The minimum Gasteiger partial charge on any atom is -0.350 e. The van der Waals surface area contributed by atoms with Crippen molar-refractivity contribution in [3.05, 3.63) is 106 Å². The smallest absolute Gasteiger partial charge is 0.278 e. The van der Waals surface area contributed by atoms with E-state index in [4.69, 9.17) is 23.2 Å². The van der Waals surface area contributed by atoms with Crippen LogP contribution in [0.3, 0.4) is 0 Å². The van der Waals surface area contributed by atoms with Crippen molar-refractivity contribution in [1.29, 1.82) is 0 Å². The molecular formula is C25H19Cl2N3O3. The van der Waals surface area contributed by atoms with Gasteiger partial charge in [-0.25, -0.2) is 0 Å². The molecule has 0 saturated carbocycles. The fraction of sp³-hybridized carbons (Fsp3) is 0.0800. The van der Waals surface area contributed by atoms with Gasteiger partial charge in [0, 0.05) is 28.5 Å². The second-order valence-corrected chi connectivity index (χ2v) is 8.16. The Hall–Kier alpha value is -3.61. The molecule has 3 aromatic rings. The van der Waals surface area contributed by atoms with E-state index in [-0.39, 0.29) is 23.2 Å². The van der Waals surface area contributed by atoms with E-state index in [0.29, 0.717) is 28.4 Å². The molecule has 0 unspecified atom stereocenters. The van der Waals surface area contributed by atoms with Crippen LogP contribution in [0.15, 0.2) is 89.6 Å². The van der Waals surface area contributed by atoms with Gasteiger partial charge >= 0.3 is 0 Å². The molecule has 33 heavy (non-hydrogen) atoms. The highest BCUT2D eigenvalue weighted by Gasteiger charge is 2.37. The number of amides is 3. The van der Waals surface area contributed by atoms with Gasteiger partial charge in [0.2, 0.25) is 0 Å². The topological polar surface area (TPSA) is 78.5 Å². The Balaban J connectivity index is 1.39. The number of halogens is 2. The number of carbonyl (C=O) groups is 3. The monoisotopic (exact) mass is 479 g/mol. The first-order valence-electron chi connectivity index (χ1n) is 10.2. The first kappa shape index (κ1) is 22.6. The maximum Gasteiger partial charge on any atom is 0.278 e. The Morgan fingerprint density at radius 2 is 1.42 bits per heavy atom. The Bertz CT molecular complexity index is 1220. The molecule has 0 spiro atoms. The molecule has 1 aliphatic rings. The highest BCUT2D eigenvalue weighted by Crippen LogP contribution is 2.26. The Labute approximate surface area is 200 Å². The average molecular weight is 480 g/mol. The van der Waals surface area contributed by atoms with Crippen LogP contribution in [0.1, 0.15) is 15.9 Å². The number of hydrogen-bond acceptors (Lipinski definition) is 4. The molecule has 0 radical (unpaired) electrons. The molecule has 3 aromatic carbocycles. The molecule has 0 bridgehead atoms. The predicted octanol–water partition coefficient (Wildman–Crippen LogP) is 5.07. The van der Waals surface area contributed by atoms with Gasteiger partial charge in [0.1, 0.15) is 10.7 Å². The van der Waals surface area contributed by atoms with Crippen LogP contribution in [0.2, 0.25) is 5.02 Å². The van der Waals surface area contributed by atoms with Gasteiger partial charge in [-0.05, 0) is 60.5 Å². The van der Waals surface area contributed by atoms with E-state index >= 15 is 0 Å². The Morgan fingerprint density at radius 3 is 2.09 bits per heavy atom. The number of benzene rings is 3. The van der Waals surface area contributed by atoms with E-state index < -0.39 is 11.8 Å². The molecule has 1 aliphatic heterocycles. The van der Waals surface area contributed by atoms with Crippen LogP contribution < -0.4 is 10.6 Å². The first-order valence-corrected chi connectivity index (χ1v) is 10.9. The van der Waals surface area contributed by atoms with Gasteiger partial charge in [0.05, 0.1) is 0 Å². The lowest BCUT2D eigenvalue weighted by molar-refractivity contribution is -0.137. The summed E-state index contributed by atoms with van der Waals surface area (Å²) < 4.78 is 0. The number of carbonyl (C=O) groups excluding carboxylic acids is 3. The molecule has 1 heterocycles. The SMILES string of the molecule is O=C(Nc1ccc(Cl)cc1)c1ccc(NC2=C(Cl)C(=O)N(CCc3ccccc3)C2=O)cc1. The molecular weight excluding hydrogens is 461 g/mol. The van der Waals surface area contributed by atoms with E-state index in [9.17, 15) is 14.4 Å². The van der Waals surface area contributed by atoms with Crippen molar-refractivity contribution >= 4 is 52.3 Å². The summed E-state index contributed by atoms with van der Waals surface area (Å²) in [5.74, 6) is -1.30. The van der Waals surface area contributed by atoms with E-state index in [1.165, 1.54) is 0 Å². The second-order valence-electron chi connectivity index (χ2n) is 7.35. The lowest BCUT2D eigenvalue weighted by atomic mass is 10.1. The molecule has 4 rings (SSSR count). The lowest BCUT2D eigenvalue weighted by Crippen LogP contribution is -2.34. The van der Waals surface area contributed by atoms with Crippen LogP contribution in [0.25, 0.3) is 0 Å². The van der Waals surface area contributed by atoms with Gasteiger partial charge in [0.25, 0.3) is 17.7 Å². The summed E-state index contributed by atoms with van der Waals surface area (Å²) in [6.07, 6.45) is 0.535. The molecule has 3 amide bonds. The van der Waals surface area contributed by atoms with Gasteiger partial charge in [-0.2, -0.15) is 0 Å². The maximum atomic E-state index is 12.8. The van der Waals surface area contributed by atoms with Crippen LogP contribution in [-0.4, -0.2) is 29.2 Å². The summed E-state index contributed by atoms with van der Waals surface area (Å²) in [4.78, 5) is 38.8. The van der Waals surface area contributed by atoms with Crippen LogP contribution >= 0.6 is 23.2 Å². The number of imide groups is 1. The Morgan fingerprint density at radius 1 is 0.788 bits per heavy atom. The van der Waals surface area contributed by atoms with Crippen LogP contribution in [0, 0.1) is 0 Å². The van der Waals surface area contributed by atoms with Crippen molar-refractivity contribution in [2.24, 2.45) is 0 Å². The highest BCUT2D eigenvalue weighted by molar-refractivity contribution is 6.48. The second kappa shape index (κ2) is 9.90. The largest absolute Gasteiger partial charge is 0.350 e. The zero-order valence-electron chi connectivity index (χ0n) is 17.3. The van der Waals surface area contributed by atoms with Crippen molar-refractivity contribution in [3.63, 3.8) is 0 Å². The number of nitrogens with zero attached hydrogens (tertiary/aromatic N) is 1. The zero-order valence-corrected chi connectivity index (χ0v) is 18.9. The van der Waals surface area contributed by atoms with Gasteiger partial charge in [-0.15, -0.1) is 0 Å². The van der Waals surface area contributed by atoms with Gasteiger partial charge in [-0.1, -0.05) is 53.5 Å². The summed E-state index contributed by atoms with van der Waals surface area (Å²) in [5.41, 5.74) is 2.61. The van der Waals surface area contributed by atoms with Crippen LogP contribution in [-0.2, 0) is 16.0 Å². The van der Waals surface area contributed by atoms with Crippen LogP contribution in [0.4, 0.5) is 11.4 Å². The van der Waals surface area contributed by atoms with Crippen molar-refractivity contribution in [1.82, 2.24) is 4.90 Å². The molecule has 6 nitrogen and oxygen atoms in total. The Kier molecular flexibility index (Phi) is 6.77. The highest BCUT2D eigenvalue weighted by atomic mass is 35.5. The summed E-state index contributed by atoms with van der Waals surface area (Å²) in [5, 5.41) is 6.11. The molecule has 0 atom stereocenters. The quantitative estimate of drug-likeness (QED) is 0.463. The molecule has 0 fully saturated rings. The third-order valence-electron chi connectivity index (χ3n) is 5.10. The van der Waals surface area contributed by atoms with Crippen molar-refractivity contribution in [2.75, 3.05) is 17.2 Å². The third kappa shape index (κ3) is 5.25. The number of nitrogens with one attached hydrogen (secondary N) is 2. The molecule has 0 saturated heterocycles. The predicted molar refractivity (Wildman–Crippen MR) is 129 cm³/mol. The zero-order chi connectivity index (χ0) is 23.4. The molecule has 0 aromatic heterocycles. The number of hydrogen-bond donors (Lipinski definition) is 2. The number of rotatable bonds is 7. The minimum absolute atomic E-state index is 0.0214. The maximum absolute atomic E-state index is 12.8. The number of anilines is 2. The molecule has 2 N–H and O–H groups in total. The fourth-order valence-corrected chi connectivity index (χ4v) is 3.69. The van der Waals surface area contributed by atoms with Gasteiger partial charge < -0.3 is 10.6 Å². The summed E-state index contributed by atoms with van der Waals surface area (Å²) >= 11 is 12.0. The minimum atomic E-state index is -0.529. The standard InChI is InChI=1S/C25H19Cl2N3O3/c26-18-8-12-20(13-9-18)29-23(31)17-6-10-19(11-7-17)28-22-21(27)24(32)30(25(22)33)15-14-16-4-2-1-3-5-16/h1-13,28H,14-15H2,(H,29,31). The van der Waals surface area contributed by atoms with E-state index in [1.807, 2.05) is 30.3 Å². The molecule has 8 heteroatoms. The van der Waals surface area contributed by atoms with Gasteiger partial charge in [0.15, 0.2) is 0 Å². The van der Waals surface area contributed by atoms with Gasteiger partial charge in [-0.3, -0.25) is 19.3 Å². The molecule has 166 valence electrons. The summed E-state index contributed by atoms with van der Waals surface area (Å²) in [6, 6.07) is 22.9. The van der Waals surface area contributed by atoms with Crippen molar-refractivity contribution < 1.29 is 14.4 Å². The third-order valence-corrected chi connectivity index (χ3v) is 5.70. The van der Waals surface area contributed by atoms with Crippen molar-refractivity contribution in [3.8, 4) is 0 Å².